The van der Waals surface area contributed by atoms with Gasteiger partial charge >= 0.3 is 0 Å². The van der Waals surface area contributed by atoms with Crippen molar-refractivity contribution in [2.24, 2.45) is 12.8 Å². The summed E-state index contributed by atoms with van der Waals surface area (Å²) in [7, 11) is 1.95. The van der Waals surface area contributed by atoms with Gasteiger partial charge in [0.1, 0.15) is 17.9 Å². The van der Waals surface area contributed by atoms with E-state index in [4.69, 9.17) is 15.5 Å². The summed E-state index contributed by atoms with van der Waals surface area (Å²) in [5.74, 6) is 1.15. The molecule has 1 atom stereocenters. The van der Waals surface area contributed by atoms with Crippen molar-refractivity contribution in [1.29, 1.82) is 0 Å². The number of rotatable bonds is 1. The zero-order chi connectivity index (χ0) is 24.4. The van der Waals surface area contributed by atoms with E-state index in [1.807, 2.05) is 66.3 Å². The lowest BCUT2D eigenvalue weighted by molar-refractivity contribution is 0.305. The monoisotopic (exact) mass is 538 g/mol. The van der Waals surface area contributed by atoms with E-state index in [2.05, 4.69) is 48.6 Å². The van der Waals surface area contributed by atoms with Crippen LogP contribution in [0, 0.1) is 0 Å². The molecular weight excluding hydrogens is 520 g/mol. The SMILES string of the molecule is Cn1cncc1C1(N)c2ccc(Br)c(c2)COc2cccc(c2)-c2nc3nnnn3c3ccc1cc23. The van der Waals surface area contributed by atoms with Crippen LogP contribution in [0.4, 0.5) is 0 Å². The Morgan fingerprint density at radius 1 is 1.06 bits per heavy atom. The second-order valence-electron chi connectivity index (χ2n) is 8.90. The Morgan fingerprint density at radius 3 is 2.78 bits per heavy atom. The highest BCUT2D eigenvalue weighted by Gasteiger charge is 2.36. The van der Waals surface area contributed by atoms with Crippen LogP contribution >= 0.6 is 15.9 Å². The van der Waals surface area contributed by atoms with Gasteiger partial charge in [0.2, 0.25) is 0 Å². The first-order valence-electron chi connectivity index (χ1n) is 11.3. The molecule has 0 spiro atoms. The van der Waals surface area contributed by atoms with Crippen LogP contribution < -0.4 is 10.5 Å². The molecule has 6 bridgehead atoms. The number of hydrogen-bond acceptors (Lipinski definition) is 7. The second-order valence-corrected chi connectivity index (χ2v) is 9.76. The van der Waals surface area contributed by atoms with Gasteiger partial charge in [0.25, 0.3) is 5.78 Å². The van der Waals surface area contributed by atoms with Crippen molar-refractivity contribution in [2.45, 2.75) is 12.1 Å². The molecule has 0 saturated heterocycles. The molecule has 9 nitrogen and oxygen atoms in total. The Balaban J connectivity index is 1.63. The molecular formula is C26H19BrN8O. The van der Waals surface area contributed by atoms with Gasteiger partial charge in [-0.3, -0.25) is 0 Å². The van der Waals surface area contributed by atoms with Crippen molar-refractivity contribution in [1.82, 2.24) is 34.6 Å². The summed E-state index contributed by atoms with van der Waals surface area (Å²) in [5.41, 5.74) is 12.5. The molecule has 2 N–H and O–H groups in total. The summed E-state index contributed by atoms with van der Waals surface area (Å²) in [5, 5.41) is 13.0. The van der Waals surface area contributed by atoms with Gasteiger partial charge in [0, 0.05) is 28.0 Å². The van der Waals surface area contributed by atoms with E-state index in [0.29, 0.717) is 12.4 Å². The maximum atomic E-state index is 7.40. The van der Waals surface area contributed by atoms with Crippen LogP contribution in [-0.2, 0) is 19.2 Å². The number of hydrogen-bond donors (Lipinski definition) is 1. The highest BCUT2D eigenvalue weighted by atomic mass is 79.9. The average molecular weight is 539 g/mol. The minimum atomic E-state index is -1.01. The third-order valence-electron chi connectivity index (χ3n) is 6.82. The highest BCUT2D eigenvalue weighted by Crippen LogP contribution is 2.39. The maximum Gasteiger partial charge on any atom is 0.274 e. The first kappa shape index (κ1) is 21.2. The Labute approximate surface area is 213 Å². The van der Waals surface area contributed by atoms with Crippen molar-refractivity contribution in [3.8, 4) is 17.0 Å². The van der Waals surface area contributed by atoms with Crippen LogP contribution in [-0.4, -0.2) is 34.6 Å². The van der Waals surface area contributed by atoms with Gasteiger partial charge in [-0.1, -0.05) is 45.3 Å². The number of nitrogens with zero attached hydrogens (tertiary/aromatic N) is 7. The topological polar surface area (TPSA) is 109 Å². The van der Waals surface area contributed by atoms with Gasteiger partial charge in [-0.2, -0.15) is 4.52 Å². The molecule has 4 heterocycles. The van der Waals surface area contributed by atoms with Crippen LogP contribution in [0.25, 0.3) is 27.9 Å². The molecule has 6 aromatic rings. The average Bonchev–Trinajstić information content (AvgIpc) is 3.56. The summed E-state index contributed by atoms with van der Waals surface area (Å²) >= 11 is 3.69. The van der Waals surface area contributed by atoms with Crippen LogP contribution in [0.1, 0.15) is 22.4 Å². The fourth-order valence-electron chi connectivity index (χ4n) is 4.97. The van der Waals surface area contributed by atoms with Gasteiger partial charge in [0.15, 0.2) is 0 Å². The minimum absolute atomic E-state index is 0.368. The molecule has 3 aromatic heterocycles. The molecule has 1 aliphatic heterocycles. The van der Waals surface area contributed by atoms with Crippen LogP contribution in [0.15, 0.2) is 77.7 Å². The number of halogens is 1. The number of aromatic nitrogens is 7. The molecule has 0 amide bonds. The van der Waals surface area contributed by atoms with Gasteiger partial charge in [0.05, 0.1) is 29.4 Å². The molecule has 1 unspecified atom stereocenters. The number of tetrazole rings is 1. The molecule has 0 radical (unpaired) electrons. The van der Waals surface area contributed by atoms with Crippen molar-refractivity contribution >= 4 is 32.6 Å². The standard InChI is InChI=1S/C26H19BrN8O/c1-34-14-29-12-23(34)26(28)17-5-7-21(27)16(9-17)13-36-19-4-2-3-15(10-19)24-20-11-18(26)6-8-22(20)35-25(30-24)31-32-33-35/h2-12,14H,13,28H2,1H3. The second kappa shape index (κ2) is 7.67. The van der Waals surface area contributed by atoms with Crippen molar-refractivity contribution in [3.63, 3.8) is 0 Å². The number of aryl methyl sites for hydroxylation is 1. The number of nitrogens with two attached hydrogens (primary N) is 1. The van der Waals surface area contributed by atoms with Crippen LogP contribution in [0.5, 0.6) is 5.75 Å². The quantitative estimate of drug-likeness (QED) is 0.337. The lowest BCUT2D eigenvalue weighted by Crippen LogP contribution is -2.41. The molecule has 0 saturated carbocycles. The van der Waals surface area contributed by atoms with Crippen LogP contribution in [0.2, 0.25) is 0 Å². The zero-order valence-corrected chi connectivity index (χ0v) is 20.7. The molecule has 176 valence electrons. The smallest absolute Gasteiger partial charge is 0.274 e. The molecule has 1 aliphatic rings. The Hall–Kier alpha value is -4.15. The number of benzene rings is 3. The third kappa shape index (κ3) is 3.01. The molecule has 0 aliphatic carbocycles. The van der Waals surface area contributed by atoms with Gasteiger partial charge in [-0.15, -0.1) is 0 Å². The Morgan fingerprint density at radius 2 is 1.92 bits per heavy atom. The van der Waals surface area contributed by atoms with Crippen LogP contribution in [0.3, 0.4) is 0 Å². The predicted octanol–water partition coefficient (Wildman–Crippen LogP) is 3.98. The fourth-order valence-corrected chi connectivity index (χ4v) is 5.33. The molecule has 7 rings (SSSR count). The van der Waals surface area contributed by atoms with E-state index in [1.54, 1.807) is 10.8 Å². The highest BCUT2D eigenvalue weighted by molar-refractivity contribution is 9.10. The summed E-state index contributed by atoms with van der Waals surface area (Å²) in [4.78, 5) is 9.20. The van der Waals surface area contributed by atoms with E-state index in [0.717, 1.165) is 54.8 Å². The zero-order valence-electron chi connectivity index (χ0n) is 19.1. The normalized spacial score (nSPS) is 17.0. The summed E-state index contributed by atoms with van der Waals surface area (Å²) < 4.78 is 10.8. The van der Waals surface area contributed by atoms with Crippen molar-refractivity contribution in [2.75, 3.05) is 0 Å². The molecule has 10 heteroatoms. The van der Waals surface area contributed by atoms with E-state index in [1.165, 1.54) is 0 Å². The molecule has 0 fully saturated rings. The van der Waals surface area contributed by atoms with Crippen molar-refractivity contribution in [3.05, 3.63) is 100 Å². The lowest BCUT2D eigenvalue weighted by Gasteiger charge is -2.32. The van der Waals surface area contributed by atoms with E-state index >= 15 is 0 Å². The first-order chi connectivity index (χ1) is 17.5. The number of ether oxygens (including phenoxy) is 1. The third-order valence-corrected chi connectivity index (χ3v) is 7.60. The predicted molar refractivity (Wildman–Crippen MR) is 137 cm³/mol. The van der Waals surface area contributed by atoms with Crippen molar-refractivity contribution < 1.29 is 4.74 Å². The maximum absolute atomic E-state index is 7.40. The first-order valence-corrected chi connectivity index (χ1v) is 12.1. The van der Waals surface area contributed by atoms with Gasteiger partial charge < -0.3 is 15.0 Å². The summed E-state index contributed by atoms with van der Waals surface area (Å²) in [6, 6.07) is 20.1. The number of fused-ring (bicyclic) bond motifs is 8. The summed E-state index contributed by atoms with van der Waals surface area (Å²) in [6.45, 7) is 0.368. The lowest BCUT2D eigenvalue weighted by atomic mass is 9.80. The number of imidazole rings is 1. The minimum Gasteiger partial charge on any atom is -0.489 e. The largest absolute Gasteiger partial charge is 0.489 e. The van der Waals surface area contributed by atoms with E-state index < -0.39 is 5.54 Å². The fraction of sp³-hybridized carbons (Fsp3) is 0.115. The summed E-state index contributed by atoms with van der Waals surface area (Å²) in [6.07, 6.45) is 3.57. The molecule has 3 aromatic carbocycles. The van der Waals surface area contributed by atoms with Gasteiger partial charge in [-0.05, 0) is 58.0 Å². The Kier molecular flexibility index (Phi) is 4.51. The molecule has 36 heavy (non-hydrogen) atoms. The Bertz CT molecular complexity index is 1810. The van der Waals surface area contributed by atoms with E-state index in [-0.39, 0.29) is 0 Å². The van der Waals surface area contributed by atoms with E-state index in [9.17, 15) is 0 Å². The van der Waals surface area contributed by atoms with Gasteiger partial charge in [-0.25, -0.2) is 9.97 Å².